The number of nitrogens with zero attached hydrogens (tertiary/aromatic N) is 2. The maximum absolute atomic E-state index is 13.5. The molecule has 33 heavy (non-hydrogen) atoms. The normalized spacial score (nSPS) is 20.5. The predicted octanol–water partition coefficient (Wildman–Crippen LogP) is 5.13. The zero-order valence-corrected chi connectivity index (χ0v) is 19.7. The third kappa shape index (κ3) is 4.83. The van der Waals surface area contributed by atoms with E-state index in [1.165, 1.54) is 0 Å². The third-order valence-corrected chi connectivity index (χ3v) is 8.18. The first-order chi connectivity index (χ1) is 15.5. The van der Waals surface area contributed by atoms with Gasteiger partial charge in [0.25, 0.3) is 10.0 Å². The number of benzene rings is 2. The van der Waals surface area contributed by atoms with Crippen molar-refractivity contribution in [1.29, 1.82) is 5.26 Å². The predicted molar refractivity (Wildman–Crippen MR) is 117 cm³/mol. The summed E-state index contributed by atoms with van der Waals surface area (Å²) in [6, 6.07) is 10.9. The average molecular weight is 545 g/mol. The standard InChI is InChI=1S/C22H20BrF3N2O4S/c23-16-4-5-20-19(11-16)28(13-17(32-20)12-21(14-27)6-8-31-9-7-21)33(29,30)18-3-1-2-15(10-18)22(24,25)26/h1-5,10-11,17H,6-9,12-13H2/t17-/m0/s1. The molecule has 176 valence electrons. The number of hydrogen-bond donors (Lipinski definition) is 0. The highest BCUT2D eigenvalue weighted by Crippen LogP contribution is 2.43. The first-order valence-corrected chi connectivity index (χ1v) is 12.4. The fraction of sp³-hybridized carbons (Fsp3) is 0.409. The van der Waals surface area contributed by atoms with Gasteiger partial charge in [-0.1, -0.05) is 22.0 Å². The van der Waals surface area contributed by atoms with Gasteiger partial charge >= 0.3 is 6.18 Å². The molecule has 11 heteroatoms. The van der Waals surface area contributed by atoms with Gasteiger partial charge in [-0.15, -0.1) is 0 Å². The number of hydrogen-bond acceptors (Lipinski definition) is 5. The van der Waals surface area contributed by atoms with Crippen LogP contribution < -0.4 is 9.04 Å². The van der Waals surface area contributed by atoms with Crippen molar-refractivity contribution in [3.63, 3.8) is 0 Å². The van der Waals surface area contributed by atoms with Crippen LogP contribution in [0.15, 0.2) is 51.8 Å². The molecule has 0 N–H and O–H groups in total. The molecule has 0 bridgehead atoms. The van der Waals surface area contributed by atoms with Gasteiger partial charge in [0.2, 0.25) is 0 Å². The number of nitriles is 1. The Kier molecular flexibility index (Phi) is 6.37. The average Bonchev–Trinajstić information content (AvgIpc) is 2.79. The maximum atomic E-state index is 13.5. The number of halogens is 4. The third-order valence-electron chi connectivity index (χ3n) is 5.91. The number of anilines is 1. The fourth-order valence-electron chi connectivity index (χ4n) is 4.14. The molecule has 0 amide bonds. The Labute approximate surface area is 198 Å². The van der Waals surface area contributed by atoms with E-state index in [0.717, 1.165) is 22.5 Å². The van der Waals surface area contributed by atoms with Crippen LogP contribution in [0.3, 0.4) is 0 Å². The van der Waals surface area contributed by atoms with Gasteiger partial charge in [0.15, 0.2) is 0 Å². The van der Waals surface area contributed by atoms with Crippen LogP contribution in [0.25, 0.3) is 0 Å². The molecule has 0 saturated carbocycles. The summed E-state index contributed by atoms with van der Waals surface area (Å²) >= 11 is 3.31. The quantitative estimate of drug-likeness (QED) is 0.532. The second-order valence-electron chi connectivity index (χ2n) is 8.12. The van der Waals surface area contributed by atoms with Crippen molar-refractivity contribution in [2.75, 3.05) is 24.1 Å². The lowest BCUT2D eigenvalue weighted by atomic mass is 9.77. The van der Waals surface area contributed by atoms with Crippen molar-refractivity contribution < 1.29 is 31.1 Å². The smallest absolute Gasteiger partial charge is 0.416 e. The number of alkyl halides is 3. The zero-order chi connectivity index (χ0) is 23.9. The van der Waals surface area contributed by atoms with E-state index in [0.29, 0.717) is 36.6 Å². The summed E-state index contributed by atoms with van der Waals surface area (Å²) in [5.41, 5.74) is -1.55. The van der Waals surface area contributed by atoms with Crippen molar-refractivity contribution in [3.05, 3.63) is 52.5 Å². The van der Waals surface area contributed by atoms with E-state index in [2.05, 4.69) is 22.0 Å². The first kappa shape index (κ1) is 23.9. The first-order valence-electron chi connectivity index (χ1n) is 10.2. The molecule has 1 atom stereocenters. The number of fused-ring (bicyclic) bond motifs is 1. The molecule has 4 rings (SSSR count). The van der Waals surface area contributed by atoms with E-state index >= 15 is 0 Å². The van der Waals surface area contributed by atoms with Crippen LogP contribution in [-0.4, -0.2) is 34.3 Å². The van der Waals surface area contributed by atoms with Crippen molar-refractivity contribution in [1.82, 2.24) is 0 Å². The van der Waals surface area contributed by atoms with Gasteiger partial charge in [-0.2, -0.15) is 18.4 Å². The summed E-state index contributed by atoms with van der Waals surface area (Å²) in [4.78, 5) is -0.468. The molecule has 0 aromatic heterocycles. The zero-order valence-electron chi connectivity index (χ0n) is 17.3. The molecule has 2 aromatic rings. The minimum absolute atomic E-state index is 0.133. The molecule has 2 aliphatic rings. The van der Waals surface area contributed by atoms with Crippen molar-refractivity contribution in [2.24, 2.45) is 5.41 Å². The summed E-state index contributed by atoms with van der Waals surface area (Å²) in [7, 11) is -4.35. The van der Waals surface area contributed by atoms with Crippen LogP contribution in [0.1, 0.15) is 24.8 Å². The number of sulfonamides is 1. The number of rotatable bonds is 4. The Morgan fingerprint density at radius 3 is 2.58 bits per heavy atom. The second kappa shape index (κ2) is 8.81. The molecular formula is C22H20BrF3N2O4S. The molecule has 0 aliphatic carbocycles. The highest BCUT2D eigenvalue weighted by atomic mass is 79.9. The molecule has 1 saturated heterocycles. The van der Waals surface area contributed by atoms with E-state index in [4.69, 9.17) is 9.47 Å². The molecule has 6 nitrogen and oxygen atoms in total. The Hall–Kier alpha value is -2.29. The van der Waals surface area contributed by atoms with Gasteiger partial charge in [0, 0.05) is 24.1 Å². The topological polar surface area (TPSA) is 79.6 Å². The van der Waals surface area contributed by atoms with Gasteiger partial charge in [-0.25, -0.2) is 8.42 Å². The highest BCUT2D eigenvalue weighted by Gasteiger charge is 2.41. The highest BCUT2D eigenvalue weighted by molar-refractivity contribution is 9.10. The van der Waals surface area contributed by atoms with Gasteiger partial charge in [0.1, 0.15) is 11.9 Å². The van der Waals surface area contributed by atoms with E-state index < -0.39 is 38.2 Å². The van der Waals surface area contributed by atoms with Crippen LogP contribution in [0, 0.1) is 16.7 Å². The molecule has 0 radical (unpaired) electrons. The SMILES string of the molecule is N#CC1(C[C@H]2CN(S(=O)(=O)c3cccc(C(F)(F)F)c3)c3cc(Br)ccc3O2)CCOCC1. The molecule has 0 spiro atoms. The lowest BCUT2D eigenvalue weighted by Gasteiger charge is -2.39. The Bertz CT molecular complexity index is 1190. The molecule has 1 fully saturated rings. The minimum atomic E-state index is -4.68. The molecule has 2 aliphatic heterocycles. The van der Waals surface area contributed by atoms with Gasteiger partial charge < -0.3 is 9.47 Å². The number of ether oxygens (including phenoxy) is 2. The monoisotopic (exact) mass is 544 g/mol. The second-order valence-corrected chi connectivity index (χ2v) is 10.9. The largest absolute Gasteiger partial charge is 0.486 e. The molecule has 2 aromatic carbocycles. The summed E-state index contributed by atoms with van der Waals surface area (Å²) in [6.45, 7) is 0.721. The summed E-state index contributed by atoms with van der Waals surface area (Å²) < 4.78 is 79.8. The fourth-order valence-corrected chi connectivity index (χ4v) is 6.03. The van der Waals surface area contributed by atoms with Gasteiger partial charge in [0.05, 0.1) is 34.2 Å². The van der Waals surface area contributed by atoms with E-state index in [1.54, 1.807) is 18.2 Å². The minimum Gasteiger partial charge on any atom is -0.486 e. The maximum Gasteiger partial charge on any atom is 0.416 e. The van der Waals surface area contributed by atoms with Crippen molar-refractivity contribution >= 4 is 31.6 Å². The van der Waals surface area contributed by atoms with Gasteiger partial charge in [-0.3, -0.25) is 4.31 Å². The van der Waals surface area contributed by atoms with Crippen LogP contribution >= 0.6 is 15.9 Å². The Morgan fingerprint density at radius 2 is 1.91 bits per heavy atom. The van der Waals surface area contributed by atoms with E-state index in [9.17, 15) is 26.9 Å². The molecular weight excluding hydrogens is 525 g/mol. The van der Waals surface area contributed by atoms with Gasteiger partial charge in [-0.05, 0) is 49.2 Å². The lowest BCUT2D eigenvalue weighted by Crippen LogP contribution is -2.46. The summed E-state index contributed by atoms with van der Waals surface area (Å²) in [5.74, 6) is 0.283. The van der Waals surface area contributed by atoms with Crippen molar-refractivity contribution in [3.8, 4) is 11.8 Å². The van der Waals surface area contributed by atoms with Crippen molar-refractivity contribution in [2.45, 2.75) is 36.4 Å². The summed E-state index contributed by atoms with van der Waals surface area (Å²) in [5, 5.41) is 9.81. The van der Waals surface area contributed by atoms with Crippen LogP contribution in [0.2, 0.25) is 0 Å². The van der Waals surface area contributed by atoms with Crippen LogP contribution in [0.5, 0.6) is 5.75 Å². The summed E-state index contributed by atoms with van der Waals surface area (Å²) in [6.07, 6.45) is -4.07. The molecule has 0 unspecified atom stereocenters. The Morgan fingerprint density at radius 1 is 1.18 bits per heavy atom. The van der Waals surface area contributed by atoms with Crippen LogP contribution in [-0.2, 0) is 20.9 Å². The van der Waals surface area contributed by atoms with E-state index in [1.807, 2.05) is 0 Å². The van der Waals surface area contributed by atoms with Crippen LogP contribution in [0.4, 0.5) is 18.9 Å². The Balaban J connectivity index is 1.73. The molecule has 2 heterocycles. The lowest BCUT2D eigenvalue weighted by molar-refractivity contribution is -0.137. The van der Waals surface area contributed by atoms with E-state index in [-0.39, 0.29) is 24.4 Å².